The summed E-state index contributed by atoms with van der Waals surface area (Å²) in [6.07, 6.45) is 3.99. The SMILES string of the molecule is O=C(Nc1ccccc1)ON1C(=O)C2C3C=CC(C3)C2C1=O. The maximum Gasteiger partial charge on any atom is 0.436 e. The van der Waals surface area contributed by atoms with Crippen molar-refractivity contribution in [3.63, 3.8) is 0 Å². The Balaban J connectivity index is 1.47. The Morgan fingerprint density at radius 3 is 2.23 bits per heavy atom. The number of carbonyl (C=O) groups excluding carboxylic acids is 3. The van der Waals surface area contributed by atoms with Gasteiger partial charge in [-0.1, -0.05) is 30.4 Å². The van der Waals surface area contributed by atoms with E-state index < -0.39 is 17.9 Å². The van der Waals surface area contributed by atoms with E-state index in [0.717, 1.165) is 6.42 Å². The Morgan fingerprint density at radius 1 is 1.05 bits per heavy atom. The summed E-state index contributed by atoms with van der Waals surface area (Å²) in [5.74, 6) is -1.36. The fraction of sp³-hybridized carbons (Fsp3) is 0.312. The number of allylic oxidation sites excluding steroid dienone is 2. The normalized spacial score (nSPS) is 31.5. The topological polar surface area (TPSA) is 75.7 Å². The number of nitrogens with zero attached hydrogens (tertiary/aromatic N) is 1. The van der Waals surface area contributed by atoms with Gasteiger partial charge in [-0.25, -0.2) is 4.79 Å². The van der Waals surface area contributed by atoms with Gasteiger partial charge in [0.25, 0.3) is 11.8 Å². The number of benzene rings is 1. The highest BCUT2D eigenvalue weighted by Crippen LogP contribution is 2.52. The second-order valence-corrected chi connectivity index (χ2v) is 5.84. The van der Waals surface area contributed by atoms with Gasteiger partial charge in [0.05, 0.1) is 11.8 Å². The van der Waals surface area contributed by atoms with Gasteiger partial charge in [0.1, 0.15) is 0 Å². The van der Waals surface area contributed by atoms with Crippen LogP contribution < -0.4 is 5.32 Å². The van der Waals surface area contributed by atoms with E-state index in [1.54, 1.807) is 24.3 Å². The number of rotatable bonds is 2. The van der Waals surface area contributed by atoms with Crippen LogP contribution in [0.15, 0.2) is 42.5 Å². The van der Waals surface area contributed by atoms with Crippen molar-refractivity contribution in [3.8, 4) is 0 Å². The standard InChI is InChI=1S/C16H14N2O4/c19-14-12-9-6-7-10(8-9)13(12)15(20)18(14)22-16(21)17-11-4-2-1-3-5-11/h1-7,9-10,12-13H,8H2,(H,17,21). The number of amides is 3. The maximum atomic E-state index is 12.3. The van der Waals surface area contributed by atoms with Gasteiger partial charge < -0.3 is 4.84 Å². The zero-order chi connectivity index (χ0) is 15.3. The number of hydrogen-bond donors (Lipinski definition) is 1. The van der Waals surface area contributed by atoms with Gasteiger partial charge in [-0.15, -0.1) is 5.06 Å². The summed E-state index contributed by atoms with van der Waals surface area (Å²) in [5.41, 5.74) is 0.536. The first-order chi connectivity index (χ1) is 10.6. The van der Waals surface area contributed by atoms with Gasteiger partial charge in [0.2, 0.25) is 0 Å². The molecule has 6 nitrogen and oxygen atoms in total. The van der Waals surface area contributed by atoms with Crippen LogP contribution in [0.4, 0.5) is 10.5 Å². The van der Waals surface area contributed by atoms with E-state index in [0.29, 0.717) is 10.8 Å². The van der Waals surface area contributed by atoms with E-state index >= 15 is 0 Å². The van der Waals surface area contributed by atoms with Crippen molar-refractivity contribution in [2.24, 2.45) is 23.7 Å². The van der Waals surface area contributed by atoms with Crippen LogP contribution in [0.2, 0.25) is 0 Å². The molecule has 6 heteroatoms. The lowest BCUT2D eigenvalue weighted by Crippen LogP contribution is -2.36. The number of carbonyl (C=O) groups is 3. The zero-order valence-corrected chi connectivity index (χ0v) is 11.6. The molecule has 2 fully saturated rings. The van der Waals surface area contributed by atoms with Crippen LogP contribution >= 0.6 is 0 Å². The van der Waals surface area contributed by atoms with E-state index in [9.17, 15) is 14.4 Å². The van der Waals surface area contributed by atoms with Crippen molar-refractivity contribution < 1.29 is 19.2 Å². The van der Waals surface area contributed by atoms with E-state index in [-0.39, 0.29) is 23.7 Å². The molecule has 1 saturated heterocycles. The molecule has 1 saturated carbocycles. The lowest BCUT2D eigenvalue weighted by molar-refractivity contribution is -0.173. The fourth-order valence-electron chi connectivity index (χ4n) is 3.71. The summed E-state index contributed by atoms with van der Waals surface area (Å²) >= 11 is 0. The molecular formula is C16H14N2O4. The molecule has 112 valence electrons. The summed E-state index contributed by atoms with van der Waals surface area (Å²) in [4.78, 5) is 41.5. The Labute approximate surface area is 126 Å². The lowest BCUT2D eigenvalue weighted by Gasteiger charge is -2.16. The summed E-state index contributed by atoms with van der Waals surface area (Å²) < 4.78 is 0. The Hall–Kier alpha value is -2.63. The zero-order valence-electron chi connectivity index (χ0n) is 11.6. The molecular weight excluding hydrogens is 284 g/mol. The highest BCUT2D eigenvalue weighted by molar-refractivity contribution is 6.06. The van der Waals surface area contributed by atoms with Crippen molar-refractivity contribution in [3.05, 3.63) is 42.5 Å². The molecule has 2 aliphatic carbocycles. The van der Waals surface area contributed by atoms with Gasteiger partial charge in [-0.05, 0) is 30.4 Å². The van der Waals surface area contributed by atoms with Crippen molar-refractivity contribution in [2.75, 3.05) is 5.32 Å². The molecule has 2 bridgehead atoms. The Kier molecular flexibility index (Phi) is 2.79. The van der Waals surface area contributed by atoms with Gasteiger partial charge in [-0.3, -0.25) is 14.9 Å². The number of hydroxylamine groups is 2. The molecule has 1 aliphatic heterocycles. The summed E-state index contributed by atoms with van der Waals surface area (Å²) in [5, 5.41) is 3.13. The highest BCUT2D eigenvalue weighted by atomic mass is 16.7. The first-order valence-electron chi connectivity index (χ1n) is 7.25. The second-order valence-electron chi connectivity index (χ2n) is 5.84. The summed E-state index contributed by atoms with van der Waals surface area (Å²) in [7, 11) is 0. The van der Waals surface area contributed by atoms with E-state index in [1.165, 1.54) is 0 Å². The van der Waals surface area contributed by atoms with Crippen LogP contribution in [0.25, 0.3) is 0 Å². The van der Waals surface area contributed by atoms with Crippen LogP contribution in [0.3, 0.4) is 0 Å². The predicted octanol–water partition coefficient (Wildman–Crippen LogP) is 1.96. The van der Waals surface area contributed by atoms with Gasteiger partial charge in [0.15, 0.2) is 0 Å². The minimum atomic E-state index is -0.840. The van der Waals surface area contributed by atoms with Gasteiger partial charge in [-0.2, -0.15) is 0 Å². The van der Waals surface area contributed by atoms with Crippen molar-refractivity contribution >= 4 is 23.6 Å². The first-order valence-corrected chi connectivity index (χ1v) is 7.25. The van der Waals surface area contributed by atoms with Crippen molar-refractivity contribution in [1.29, 1.82) is 0 Å². The predicted molar refractivity (Wildman–Crippen MR) is 76.1 cm³/mol. The smallest absolute Gasteiger partial charge is 0.311 e. The van der Waals surface area contributed by atoms with Crippen LogP contribution in [-0.4, -0.2) is 23.0 Å². The summed E-state index contributed by atoms with van der Waals surface area (Å²) in [6.45, 7) is 0. The summed E-state index contributed by atoms with van der Waals surface area (Å²) in [6, 6.07) is 8.71. The molecule has 4 unspecified atom stereocenters. The monoisotopic (exact) mass is 298 g/mol. The third-order valence-electron chi connectivity index (χ3n) is 4.62. The molecule has 3 amide bonds. The minimum Gasteiger partial charge on any atom is -0.311 e. The quantitative estimate of drug-likeness (QED) is 0.669. The largest absolute Gasteiger partial charge is 0.436 e. The number of fused-ring (bicyclic) bond motifs is 5. The molecule has 0 spiro atoms. The van der Waals surface area contributed by atoms with Crippen LogP contribution in [-0.2, 0) is 14.4 Å². The average Bonchev–Trinajstić information content (AvgIpc) is 3.18. The van der Waals surface area contributed by atoms with E-state index in [1.807, 2.05) is 18.2 Å². The van der Waals surface area contributed by atoms with Crippen LogP contribution in [0, 0.1) is 23.7 Å². The van der Waals surface area contributed by atoms with Crippen molar-refractivity contribution in [1.82, 2.24) is 5.06 Å². The molecule has 4 atom stereocenters. The third kappa shape index (κ3) is 1.83. The minimum absolute atomic E-state index is 0.0947. The maximum absolute atomic E-state index is 12.3. The lowest BCUT2D eigenvalue weighted by atomic mass is 9.85. The molecule has 0 radical (unpaired) electrons. The molecule has 1 heterocycles. The Bertz CT molecular complexity index is 655. The highest BCUT2D eigenvalue weighted by Gasteiger charge is 2.60. The fourth-order valence-corrected chi connectivity index (χ4v) is 3.71. The third-order valence-corrected chi connectivity index (χ3v) is 4.62. The molecule has 1 aromatic carbocycles. The first kappa shape index (κ1) is 13.1. The second kappa shape index (κ2) is 4.69. The number of imide groups is 1. The molecule has 22 heavy (non-hydrogen) atoms. The Morgan fingerprint density at radius 2 is 1.64 bits per heavy atom. The van der Waals surface area contributed by atoms with E-state index in [4.69, 9.17) is 4.84 Å². The van der Waals surface area contributed by atoms with Crippen LogP contribution in [0.5, 0.6) is 0 Å². The van der Waals surface area contributed by atoms with Crippen LogP contribution in [0.1, 0.15) is 6.42 Å². The molecule has 4 rings (SSSR count). The number of para-hydroxylation sites is 1. The molecule has 3 aliphatic rings. The molecule has 1 N–H and O–H groups in total. The number of hydrogen-bond acceptors (Lipinski definition) is 4. The van der Waals surface area contributed by atoms with Crippen molar-refractivity contribution in [2.45, 2.75) is 6.42 Å². The number of anilines is 1. The van der Waals surface area contributed by atoms with Gasteiger partial charge >= 0.3 is 6.09 Å². The molecule has 1 aromatic rings. The van der Waals surface area contributed by atoms with Gasteiger partial charge in [0, 0.05) is 5.69 Å². The van der Waals surface area contributed by atoms with E-state index in [2.05, 4.69) is 5.32 Å². The molecule has 0 aromatic heterocycles. The average molecular weight is 298 g/mol. The number of nitrogens with one attached hydrogen (secondary N) is 1.